The van der Waals surface area contributed by atoms with Crippen LogP contribution >= 0.6 is 0 Å². The van der Waals surface area contributed by atoms with Gasteiger partial charge in [0.25, 0.3) is 0 Å². The lowest BCUT2D eigenvalue weighted by Gasteiger charge is -2.21. The lowest BCUT2D eigenvalue weighted by molar-refractivity contribution is -0.116. The molecule has 1 heterocycles. The molecule has 1 aromatic rings. The molecule has 3 heteroatoms. The van der Waals surface area contributed by atoms with Gasteiger partial charge in [-0.15, -0.1) is 0 Å². The molecule has 0 saturated heterocycles. The van der Waals surface area contributed by atoms with E-state index in [0.29, 0.717) is 6.42 Å². The molecule has 0 fully saturated rings. The van der Waals surface area contributed by atoms with Crippen LogP contribution in [0.5, 0.6) is 0 Å². The van der Waals surface area contributed by atoms with Crippen molar-refractivity contribution in [2.45, 2.75) is 39.0 Å². The molecule has 0 unspecified atom stereocenters. The van der Waals surface area contributed by atoms with Crippen molar-refractivity contribution in [3.8, 4) is 0 Å². The van der Waals surface area contributed by atoms with E-state index in [9.17, 15) is 4.79 Å². The van der Waals surface area contributed by atoms with E-state index in [4.69, 9.17) is 5.73 Å². The van der Waals surface area contributed by atoms with Crippen LogP contribution in [0.4, 0.5) is 5.69 Å². The van der Waals surface area contributed by atoms with Crippen molar-refractivity contribution in [3.05, 3.63) is 28.8 Å². The van der Waals surface area contributed by atoms with Gasteiger partial charge in [0.05, 0.1) is 0 Å². The van der Waals surface area contributed by atoms with Gasteiger partial charge in [-0.05, 0) is 48.9 Å². The lowest BCUT2D eigenvalue weighted by Crippen LogP contribution is -2.20. The number of carbonyl (C=O) groups excluding carboxylic acids is 1. The van der Waals surface area contributed by atoms with Gasteiger partial charge in [-0.25, -0.2) is 0 Å². The van der Waals surface area contributed by atoms with E-state index in [0.717, 1.165) is 37.9 Å². The Morgan fingerprint density at radius 2 is 2.18 bits per heavy atom. The Balaban J connectivity index is 2.32. The molecule has 0 aliphatic carbocycles. The summed E-state index contributed by atoms with van der Waals surface area (Å²) in [7, 11) is 0. The Morgan fingerprint density at radius 3 is 2.88 bits per heavy atom. The number of benzene rings is 1. The van der Waals surface area contributed by atoms with Crippen LogP contribution in [-0.4, -0.2) is 12.5 Å². The Morgan fingerprint density at radius 1 is 1.35 bits per heavy atom. The summed E-state index contributed by atoms with van der Waals surface area (Å²) in [5, 5.41) is 3.00. The fourth-order valence-corrected chi connectivity index (χ4v) is 2.38. The van der Waals surface area contributed by atoms with E-state index in [1.54, 1.807) is 0 Å². The molecule has 0 atom stereocenters. The summed E-state index contributed by atoms with van der Waals surface area (Å²) in [6.07, 6.45) is 4.49. The van der Waals surface area contributed by atoms with Crippen LogP contribution in [-0.2, 0) is 24.1 Å². The van der Waals surface area contributed by atoms with Crippen molar-refractivity contribution in [2.24, 2.45) is 5.73 Å². The summed E-state index contributed by atoms with van der Waals surface area (Å²) in [4.78, 5) is 11.4. The fourth-order valence-electron chi connectivity index (χ4n) is 2.38. The van der Waals surface area contributed by atoms with Gasteiger partial charge in [0, 0.05) is 12.1 Å². The SMILES string of the molecule is CCc1cc(CCCN)cc2c1NC(=O)CC2. The fraction of sp³-hybridized carbons (Fsp3) is 0.500. The van der Waals surface area contributed by atoms with E-state index in [2.05, 4.69) is 24.4 Å². The molecule has 0 bridgehead atoms. The number of nitrogens with two attached hydrogens (primary N) is 1. The Kier molecular flexibility index (Phi) is 3.79. The second kappa shape index (κ2) is 5.32. The van der Waals surface area contributed by atoms with Gasteiger partial charge >= 0.3 is 0 Å². The Hall–Kier alpha value is -1.35. The number of amides is 1. The summed E-state index contributed by atoms with van der Waals surface area (Å²) in [6, 6.07) is 4.43. The van der Waals surface area contributed by atoms with Crippen molar-refractivity contribution >= 4 is 11.6 Å². The third kappa shape index (κ3) is 2.67. The molecule has 1 aliphatic rings. The summed E-state index contributed by atoms with van der Waals surface area (Å²) < 4.78 is 0. The van der Waals surface area contributed by atoms with Crippen LogP contribution < -0.4 is 11.1 Å². The number of carbonyl (C=O) groups is 1. The van der Waals surface area contributed by atoms with Crippen molar-refractivity contribution in [1.82, 2.24) is 0 Å². The highest BCUT2D eigenvalue weighted by Crippen LogP contribution is 2.29. The molecule has 1 aromatic carbocycles. The summed E-state index contributed by atoms with van der Waals surface area (Å²) in [6.45, 7) is 2.86. The number of fused-ring (bicyclic) bond motifs is 1. The van der Waals surface area contributed by atoms with Crippen molar-refractivity contribution < 1.29 is 4.79 Å². The summed E-state index contributed by atoms with van der Waals surface area (Å²) in [5.74, 6) is 0.141. The molecule has 1 aliphatic heterocycles. The quantitative estimate of drug-likeness (QED) is 0.834. The second-order valence-corrected chi connectivity index (χ2v) is 4.58. The minimum absolute atomic E-state index is 0.141. The molecule has 0 spiro atoms. The van der Waals surface area contributed by atoms with Gasteiger partial charge in [0.2, 0.25) is 5.91 Å². The molecule has 0 radical (unpaired) electrons. The van der Waals surface area contributed by atoms with Crippen LogP contribution in [0.25, 0.3) is 0 Å². The predicted molar refractivity (Wildman–Crippen MR) is 70.1 cm³/mol. The molecule has 3 N–H and O–H groups in total. The van der Waals surface area contributed by atoms with E-state index >= 15 is 0 Å². The molecule has 92 valence electrons. The molecular formula is C14H20N2O. The van der Waals surface area contributed by atoms with Gasteiger partial charge in [0.15, 0.2) is 0 Å². The first kappa shape index (κ1) is 12.1. The highest BCUT2D eigenvalue weighted by Gasteiger charge is 2.18. The van der Waals surface area contributed by atoms with Gasteiger partial charge in [-0.2, -0.15) is 0 Å². The number of hydrogen-bond acceptors (Lipinski definition) is 2. The largest absolute Gasteiger partial charge is 0.330 e. The average Bonchev–Trinajstić information content (AvgIpc) is 2.35. The number of nitrogens with one attached hydrogen (secondary N) is 1. The van der Waals surface area contributed by atoms with Gasteiger partial charge < -0.3 is 11.1 Å². The first-order valence-corrected chi connectivity index (χ1v) is 6.39. The minimum Gasteiger partial charge on any atom is -0.330 e. The van der Waals surface area contributed by atoms with E-state index in [1.807, 2.05) is 0 Å². The number of aryl methyl sites for hydroxylation is 3. The van der Waals surface area contributed by atoms with Crippen molar-refractivity contribution in [1.29, 1.82) is 0 Å². The molecule has 17 heavy (non-hydrogen) atoms. The first-order chi connectivity index (χ1) is 8.24. The highest BCUT2D eigenvalue weighted by atomic mass is 16.1. The molecule has 2 rings (SSSR count). The van der Waals surface area contributed by atoms with E-state index in [1.165, 1.54) is 16.7 Å². The van der Waals surface area contributed by atoms with Crippen molar-refractivity contribution in [3.63, 3.8) is 0 Å². The first-order valence-electron chi connectivity index (χ1n) is 6.39. The molecule has 0 aromatic heterocycles. The van der Waals surface area contributed by atoms with E-state index in [-0.39, 0.29) is 5.91 Å². The topological polar surface area (TPSA) is 55.1 Å². The van der Waals surface area contributed by atoms with Crippen LogP contribution in [0.3, 0.4) is 0 Å². The average molecular weight is 232 g/mol. The normalized spacial score (nSPS) is 14.4. The maximum absolute atomic E-state index is 11.4. The monoisotopic (exact) mass is 232 g/mol. The highest BCUT2D eigenvalue weighted by molar-refractivity contribution is 5.94. The van der Waals surface area contributed by atoms with Gasteiger partial charge in [0.1, 0.15) is 0 Å². The maximum atomic E-state index is 11.4. The number of rotatable bonds is 4. The summed E-state index contributed by atoms with van der Waals surface area (Å²) in [5.41, 5.74) is 10.5. The second-order valence-electron chi connectivity index (χ2n) is 4.58. The van der Waals surface area contributed by atoms with Crippen LogP contribution in [0, 0.1) is 0 Å². The third-order valence-corrected chi connectivity index (χ3v) is 3.30. The van der Waals surface area contributed by atoms with E-state index < -0.39 is 0 Å². The Bertz CT molecular complexity index is 409. The molecule has 0 saturated carbocycles. The zero-order chi connectivity index (χ0) is 12.3. The zero-order valence-corrected chi connectivity index (χ0v) is 10.4. The third-order valence-electron chi connectivity index (χ3n) is 3.30. The maximum Gasteiger partial charge on any atom is 0.224 e. The Labute approximate surface area is 102 Å². The standard InChI is InChI=1S/C14H20N2O/c1-2-11-8-10(4-3-7-15)9-12-5-6-13(17)16-14(11)12/h8-9H,2-7,15H2,1H3,(H,16,17). The summed E-state index contributed by atoms with van der Waals surface area (Å²) >= 11 is 0. The van der Waals surface area contributed by atoms with Crippen LogP contribution in [0.15, 0.2) is 12.1 Å². The number of hydrogen-bond donors (Lipinski definition) is 2. The molecule has 1 amide bonds. The lowest BCUT2D eigenvalue weighted by atomic mass is 9.93. The minimum atomic E-state index is 0.141. The predicted octanol–water partition coefficient (Wildman–Crippen LogP) is 2.02. The van der Waals surface area contributed by atoms with Gasteiger partial charge in [-0.3, -0.25) is 4.79 Å². The van der Waals surface area contributed by atoms with Crippen LogP contribution in [0.1, 0.15) is 36.5 Å². The van der Waals surface area contributed by atoms with Crippen molar-refractivity contribution in [2.75, 3.05) is 11.9 Å². The molecule has 3 nitrogen and oxygen atoms in total. The number of anilines is 1. The van der Waals surface area contributed by atoms with Gasteiger partial charge in [-0.1, -0.05) is 19.1 Å². The zero-order valence-electron chi connectivity index (χ0n) is 10.4. The van der Waals surface area contributed by atoms with Crippen LogP contribution in [0.2, 0.25) is 0 Å². The smallest absolute Gasteiger partial charge is 0.224 e. The molecular weight excluding hydrogens is 212 g/mol.